The predicted molar refractivity (Wildman–Crippen MR) is 91.7 cm³/mol. The minimum atomic E-state index is 0.0129. The van der Waals surface area contributed by atoms with Crippen molar-refractivity contribution >= 4 is 21.6 Å². The van der Waals surface area contributed by atoms with E-state index in [0.29, 0.717) is 5.82 Å². The van der Waals surface area contributed by atoms with Gasteiger partial charge < -0.3 is 4.98 Å². The van der Waals surface area contributed by atoms with E-state index in [0.717, 1.165) is 35.0 Å². The molecule has 1 N–H and O–H groups in total. The van der Waals surface area contributed by atoms with Crippen LogP contribution in [0.2, 0.25) is 0 Å². The standard InChI is InChI=1S/C18H18N2OS/c1-2-11-7-9-12(10-8-11)16-19-17(21)15-13-5-3-4-6-14(13)22-18(15)20-16/h7-10H,2-6H2,1H3,(H,19,20,21). The van der Waals surface area contributed by atoms with Gasteiger partial charge >= 0.3 is 0 Å². The van der Waals surface area contributed by atoms with Crippen LogP contribution in [-0.2, 0) is 19.3 Å². The summed E-state index contributed by atoms with van der Waals surface area (Å²) in [4.78, 5) is 22.5. The zero-order chi connectivity index (χ0) is 15.1. The first-order chi connectivity index (χ1) is 10.8. The SMILES string of the molecule is CCc1ccc(-c2nc3sc4c(c3c(=O)[nH]2)CCCC4)cc1. The predicted octanol–water partition coefficient (Wildman–Crippen LogP) is 4.09. The van der Waals surface area contributed by atoms with Crippen molar-refractivity contribution in [2.75, 3.05) is 0 Å². The van der Waals surface area contributed by atoms with E-state index in [9.17, 15) is 4.79 Å². The molecular formula is C18H18N2OS. The Morgan fingerprint density at radius 2 is 1.95 bits per heavy atom. The van der Waals surface area contributed by atoms with Gasteiger partial charge in [-0.05, 0) is 43.2 Å². The number of H-pyrrole nitrogens is 1. The average Bonchev–Trinajstić information content (AvgIpc) is 2.93. The highest BCUT2D eigenvalue weighted by atomic mass is 32.1. The molecule has 4 rings (SSSR count). The zero-order valence-corrected chi connectivity index (χ0v) is 13.4. The smallest absolute Gasteiger partial charge is 0.260 e. The molecule has 0 saturated carbocycles. The van der Waals surface area contributed by atoms with Gasteiger partial charge in [-0.1, -0.05) is 31.2 Å². The van der Waals surface area contributed by atoms with Crippen LogP contribution >= 0.6 is 11.3 Å². The summed E-state index contributed by atoms with van der Waals surface area (Å²) < 4.78 is 0. The largest absolute Gasteiger partial charge is 0.306 e. The Morgan fingerprint density at radius 1 is 1.18 bits per heavy atom. The number of hydrogen-bond acceptors (Lipinski definition) is 3. The van der Waals surface area contributed by atoms with E-state index in [1.54, 1.807) is 11.3 Å². The summed E-state index contributed by atoms with van der Waals surface area (Å²) >= 11 is 1.70. The zero-order valence-electron chi connectivity index (χ0n) is 12.6. The molecule has 22 heavy (non-hydrogen) atoms. The van der Waals surface area contributed by atoms with Gasteiger partial charge in [0.2, 0.25) is 0 Å². The highest BCUT2D eigenvalue weighted by Crippen LogP contribution is 2.34. The number of aromatic amines is 1. The molecule has 0 fully saturated rings. The van der Waals surface area contributed by atoms with Crippen molar-refractivity contribution in [3.05, 3.63) is 50.6 Å². The molecule has 2 heterocycles. The molecule has 0 saturated heterocycles. The molecular weight excluding hydrogens is 292 g/mol. The number of aryl methyl sites for hydroxylation is 3. The normalized spacial score (nSPS) is 14.2. The van der Waals surface area contributed by atoms with E-state index in [4.69, 9.17) is 4.98 Å². The van der Waals surface area contributed by atoms with Crippen LogP contribution in [0.3, 0.4) is 0 Å². The van der Waals surface area contributed by atoms with Gasteiger partial charge in [-0.15, -0.1) is 11.3 Å². The monoisotopic (exact) mass is 310 g/mol. The van der Waals surface area contributed by atoms with Crippen molar-refractivity contribution in [1.82, 2.24) is 9.97 Å². The Labute approximate surface area is 133 Å². The molecule has 2 aromatic heterocycles. The van der Waals surface area contributed by atoms with Crippen molar-refractivity contribution in [3.8, 4) is 11.4 Å². The van der Waals surface area contributed by atoms with Gasteiger partial charge in [-0.2, -0.15) is 0 Å². The molecule has 1 aliphatic carbocycles. The van der Waals surface area contributed by atoms with Crippen LogP contribution in [-0.4, -0.2) is 9.97 Å². The van der Waals surface area contributed by atoms with Crippen LogP contribution in [0.5, 0.6) is 0 Å². The lowest BCUT2D eigenvalue weighted by molar-refractivity contribution is 0.700. The average molecular weight is 310 g/mol. The number of rotatable bonds is 2. The van der Waals surface area contributed by atoms with Crippen LogP contribution < -0.4 is 5.56 Å². The topological polar surface area (TPSA) is 45.8 Å². The Morgan fingerprint density at radius 3 is 2.73 bits per heavy atom. The van der Waals surface area contributed by atoms with Gasteiger partial charge in [0.15, 0.2) is 0 Å². The van der Waals surface area contributed by atoms with Gasteiger partial charge in [0.1, 0.15) is 10.7 Å². The molecule has 4 heteroatoms. The third-order valence-corrected chi connectivity index (χ3v) is 5.65. The molecule has 0 radical (unpaired) electrons. The van der Waals surface area contributed by atoms with Crippen molar-refractivity contribution in [2.45, 2.75) is 39.0 Å². The summed E-state index contributed by atoms with van der Waals surface area (Å²) in [6, 6.07) is 8.27. The Kier molecular flexibility index (Phi) is 3.34. The molecule has 1 aliphatic rings. The number of nitrogens with zero attached hydrogens (tertiary/aromatic N) is 1. The number of aromatic nitrogens is 2. The number of thiophene rings is 1. The number of hydrogen-bond donors (Lipinski definition) is 1. The molecule has 112 valence electrons. The van der Waals surface area contributed by atoms with E-state index in [2.05, 4.69) is 24.0 Å². The van der Waals surface area contributed by atoms with Crippen LogP contribution in [0.4, 0.5) is 0 Å². The van der Waals surface area contributed by atoms with Crippen LogP contribution in [0, 0.1) is 0 Å². The first kappa shape index (κ1) is 13.7. The van der Waals surface area contributed by atoms with Crippen molar-refractivity contribution in [2.24, 2.45) is 0 Å². The highest BCUT2D eigenvalue weighted by molar-refractivity contribution is 7.18. The minimum absolute atomic E-state index is 0.0129. The fourth-order valence-electron chi connectivity index (χ4n) is 3.20. The van der Waals surface area contributed by atoms with E-state index in [1.165, 1.54) is 28.8 Å². The molecule has 0 spiro atoms. The summed E-state index contributed by atoms with van der Waals surface area (Å²) in [5.41, 5.74) is 3.52. The molecule has 3 nitrogen and oxygen atoms in total. The number of benzene rings is 1. The van der Waals surface area contributed by atoms with Crippen molar-refractivity contribution < 1.29 is 0 Å². The fraction of sp³-hybridized carbons (Fsp3) is 0.333. The molecule has 0 aliphatic heterocycles. The van der Waals surface area contributed by atoms with E-state index >= 15 is 0 Å². The molecule has 1 aromatic carbocycles. The number of nitrogens with one attached hydrogen (secondary N) is 1. The summed E-state index contributed by atoms with van der Waals surface area (Å²) in [6.45, 7) is 2.14. The maximum Gasteiger partial charge on any atom is 0.260 e. The molecule has 0 amide bonds. The second-order valence-corrected chi connectivity index (χ2v) is 6.94. The second-order valence-electron chi connectivity index (χ2n) is 5.86. The molecule has 3 aromatic rings. The van der Waals surface area contributed by atoms with Gasteiger partial charge in [0.25, 0.3) is 5.56 Å². The maximum atomic E-state index is 12.5. The summed E-state index contributed by atoms with van der Waals surface area (Å²) in [6.07, 6.45) is 5.53. The Hall–Kier alpha value is -1.94. The lowest BCUT2D eigenvalue weighted by Crippen LogP contribution is -2.11. The minimum Gasteiger partial charge on any atom is -0.306 e. The van der Waals surface area contributed by atoms with Crippen molar-refractivity contribution in [1.29, 1.82) is 0 Å². The van der Waals surface area contributed by atoms with Gasteiger partial charge in [-0.25, -0.2) is 4.98 Å². The van der Waals surface area contributed by atoms with Crippen molar-refractivity contribution in [3.63, 3.8) is 0 Å². The van der Waals surface area contributed by atoms with Gasteiger partial charge in [-0.3, -0.25) is 4.79 Å². The van der Waals surface area contributed by atoms with Crippen LogP contribution in [0.15, 0.2) is 29.1 Å². The fourth-order valence-corrected chi connectivity index (χ4v) is 4.46. The first-order valence-electron chi connectivity index (χ1n) is 7.90. The molecule has 0 unspecified atom stereocenters. The number of fused-ring (bicyclic) bond motifs is 3. The quantitative estimate of drug-likeness (QED) is 0.775. The lowest BCUT2D eigenvalue weighted by atomic mass is 9.97. The van der Waals surface area contributed by atoms with E-state index < -0.39 is 0 Å². The molecule has 0 bridgehead atoms. The third-order valence-electron chi connectivity index (χ3n) is 4.46. The third kappa shape index (κ3) is 2.18. The summed E-state index contributed by atoms with van der Waals surface area (Å²) in [5, 5.41) is 0.827. The van der Waals surface area contributed by atoms with Crippen LogP contribution in [0.1, 0.15) is 35.8 Å². The Bertz CT molecular complexity index is 890. The van der Waals surface area contributed by atoms with Gasteiger partial charge in [0.05, 0.1) is 5.39 Å². The molecule has 0 atom stereocenters. The highest BCUT2D eigenvalue weighted by Gasteiger charge is 2.19. The maximum absolute atomic E-state index is 12.5. The van der Waals surface area contributed by atoms with E-state index in [1.807, 2.05) is 12.1 Å². The second kappa shape index (κ2) is 5.36. The summed E-state index contributed by atoms with van der Waals surface area (Å²) in [7, 11) is 0. The van der Waals surface area contributed by atoms with Gasteiger partial charge in [0, 0.05) is 10.4 Å². The van der Waals surface area contributed by atoms with Crippen LogP contribution in [0.25, 0.3) is 21.6 Å². The van der Waals surface area contributed by atoms with E-state index in [-0.39, 0.29) is 5.56 Å². The summed E-state index contributed by atoms with van der Waals surface area (Å²) in [5.74, 6) is 0.679. The Balaban J connectivity index is 1.87. The first-order valence-corrected chi connectivity index (χ1v) is 8.72. The lowest BCUT2D eigenvalue weighted by Gasteiger charge is -2.09.